The fraction of sp³-hybridized carbons (Fsp3) is 0.708. The highest BCUT2D eigenvalue weighted by atomic mass is 16.5. The van der Waals surface area contributed by atoms with Crippen LogP contribution in [-0.2, 0) is 9.53 Å². The van der Waals surface area contributed by atoms with Gasteiger partial charge in [0.25, 0.3) is 0 Å². The van der Waals surface area contributed by atoms with Gasteiger partial charge in [-0.05, 0) is 48.0 Å². The van der Waals surface area contributed by atoms with E-state index in [0.717, 1.165) is 48.5 Å². The minimum atomic E-state index is -0.0665. The molecule has 2 aliphatic heterocycles. The predicted molar refractivity (Wildman–Crippen MR) is 112 cm³/mol. The number of methoxy groups -OCH3 is 1. The van der Waals surface area contributed by atoms with Crippen LogP contribution >= 0.6 is 0 Å². The second-order valence-electron chi connectivity index (χ2n) is 10.1. The van der Waals surface area contributed by atoms with Crippen LogP contribution < -0.4 is 19.5 Å². The largest absolute Gasteiger partial charge is 0.496 e. The highest BCUT2D eigenvalue weighted by Gasteiger charge is 2.68. The van der Waals surface area contributed by atoms with Crippen LogP contribution in [0.15, 0.2) is 12.1 Å². The molecule has 3 fully saturated rings. The SMILES string of the molecule is COc1cc2c(cc1[C@H]1OCCC34C[C@@H](C[C@H]13)C(C)(C)[C@@H]4NC(C)=O)OCCCO2. The van der Waals surface area contributed by atoms with Crippen LogP contribution in [0.1, 0.15) is 58.1 Å². The highest BCUT2D eigenvalue weighted by Crippen LogP contribution is 2.71. The molecule has 1 N–H and O–H groups in total. The zero-order valence-electron chi connectivity index (χ0n) is 18.5. The molecule has 0 aromatic heterocycles. The van der Waals surface area contributed by atoms with E-state index in [1.807, 2.05) is 6.07 Å². The Morgan fingerprint density at radius 1 is 1.17 bits per heavy atom. The molecule has 1 aromatic carbocycles. The fourth-order valence-corrected chi connectivity index (χ4v) is 6.90. The molecule has 2 bridgehead atoms. The lowest BCUT2D eigenvalue weighted by molar-refractivity contribution is -0.136. The van der Waals surface area contributed by atoms with Crippen LogP contribution in [0.2, 0.25) is 0 Å². The quantitative estimate of drug-likeness (QED) is 0.812. The first-order valence-electron chi connectivity index (χ1n) is 11.2. The number of nitrogens with one attached hydrogen (secondary N) is 1. The Morgan fingerprint density at radius 3 is 2.60 bits per heavy atom. The van der Waals surface area contributed by atoms with E-state index in [4.69, 9.17) is 18.9 Å². The summed E-state index contributed by atoms with van der Waals surface area (Å²) in [5.41, 5.74) is 1.20. The maximum Gasteiger partial charge on any atom is 0.217 e. The molecular formula is C24H33NO5. The molecule has 1 spiro atoms. The van der Waals surface area contributed by atoms with Crippen molar-refractivity contribution in [1.82, 2.24) is 5.32 Å². The number of carbonyl (C=O) groups excluding carboxylic acids is 1. The average molecular weight is 416 g/mol. The summed E-state index contributed by atoms with van der Waals surface area (Å²) in [6.07, 6.45) is 4.07. The lowest BCUT2D eigenvalue weighted by Gasteiger charge is -2.53. The molecule has 164 valence electrons. The number of rotatable bonds is 3. The van der Waals surface area contributed by atoms with Crippen LogP contribution in [0.25, 0.3) is 0 Å². The standard InChI is InChI=1S/C24H33NO5/c1-14(26)25-22-23(2,3)15-10-17-21(30-9-6-24(17,22)13-15)16-11-19-20(12-18(16)27-4)29-8-5-7-28-19/h11-12,15,17,21-22H,5-10,13H2,1-4H3,(H,25,26)/t15-,17-,21-,22+,24?/m1/s1. The maximum absolute atomic E-state index is 12.1. The lowest BCUT2D eigenvalue weighted by Crippen LogP contribution is -2.58. The Hall–Kier alpha value is -1.95. The van der Waals surface area contributed by atoms with Crippen LogP contribution in [-0.4, -0.2) is 38.9 Å². The van der Waals surface area contributed by atoms with Crippen molar-refractivity contribution in [2.45, 2.75) is 58.6 Å². The van der Waals surface area contributed by atoms with Crippen molar-refractivity contribution >= 4 is 5.91 Å². The first-order valence-corrected chi connectivity index (χ1v) is 11.2. The molecule has 6 heteroatoms. The normalized spacial score (nSPS) is 36.0. The number of hydrogen-bond donors (Lipinski definition) is 1. The maximum atomic E-state index is 12.1. The zero-order chi connectivity index (χ0) is 21.1. The van der Waals surface area contributed by atoms with Crippen molar-refractivity contribution in [2.75, 3.05) is 26.9 Å². The van der Waals surface area contributed by atoms with Gasteiger partial charge in [0, 0.05) is 37.6 Å². The third-order valence-corrected chi connectivity index (χ3v) is 8.26. The third-order valence-electron chi connectivity index (χ3n) is 8.26. The van der Waals surface area contributed by atoms with Crippen molar-refractivity contribution in [1.29, 1.82) is 0 Å². The van der Waals surface area contributed by atoms with E-state index in [9.17, 15) is 4.79 Å². The summed E-state index contributed by atoms with van der Waals surface area (Å²) in [7, 11) is 1.70. The van der Waals surface area contributed by atoms with Gasteiger partial charge < -0.3 is 24.3 Å². The number of amides is 1. The molecule has 2 saturated carbocycles. The topological polar surface area (TPSA) is 66.0 Å². The van der Waals surface area contributed by atoms with E-state index in [2.05, 4.69) is 25.2 Å². The average Bonchev–Trinajstić information content (AvgIpc) is 3.08. The van der Waals surface area contributed by atoms with E-state index in [1.165, 1.54) is 0 Å². The minimum Gasteiger partial charge on any atom is -0.496 e. The third kappa shape index (κ3) is 2.83. The van der Waals surface area contributed by atoms with Gasteiger partial charge in [-0.2, -0.15) is 0 Å². The van der Waals surface area contributed by atoms with Crippen molar-refractivity contribution in [3.8, 4) is 17.2 Å². The first kappa shape index (κ1) is 20.0. The van der Waals surface area contributed by atoms with Gasteiger partial charge in [0.15, 0.2) is 11.5 Å². The van der Waals surface area contributed by atoms with E-state index < -0.39 is 0 Å². The van der Waals surface area contributed by atoms with Crippen molar-refractivity contribution in [3.63, 3.8) is 0 Å². The van der Waals surface area contributed by atoms with Crippen LogP contribution in [0, 0.1) is 22.7 Å². The van der Waals surface area contributed by atoms with Crippen LogP contribution in [0.5, 0.6) is 17.2 Å². The molecule has 1 saturated heterocycles. The van der Waals surface area contributed by atoms with Crippen molar-refractivity contribution in [2.24, 2.45) is 22.7 Å². The summed E-state index contributed by atoms with van der Waals surface area (Å²) < 4.78 is 24.0. The zero-order valence-corrected chi connectivity index (χ0v) is 18.5. The van der Waals surface area contributed by atoms with Gasteiger partial charge in [0.1, 0.15) is 5.75 Å². The molecule has 1 aromatic rings. The van der Waals surface area contributed by atoms with E-state index in [-0.39, 0.29) is 28.9 Å². The van der Waals surface area contributed by atoms with Gasteiger partial charge in [0.05, 0.1) is 26.4 Å². The number of hydrogen-bond acceptors (Lipinski definition) is 5. The van der Waals surface area contributed by atoms with E-state index in [1.54, 1.807) is 14.0 Å². The Morgan fingerprint density at radius 2 is 1.90 bits per heavy atom. The summed E-state index contributed by atoms with van der Waals surface area (Å²) in [6, 6.07) is 4.18. The molecule has 5 atom stereocenters. The fourth-order valence-electron chi connectivity index (χ4n) is 6.90. The van der Waals surface area contributed by atoms with Crippen LogP contribution in [0.3, 0.4) is 0 Å². The Labute approximate surface area is 178 Å². The summed E-state index contributed by atoms with van der Waals surface area (Å²) in [5.74, 6) is 3.29. The molecule has 6 nitrogen and oxygen atoms in total. The van der Waals surface area contributed by atoms with Gasteiger partial charge >= 0.3 is 0 Å². The Kier molecular flexibility index (Phi) is 4.69. The molecule has 4 aliphatic rings. The molecule has 2 aliphatic carbocycles. The Bertz CT molecular complexity index is 852. The molecule has 0 radical (unpaired) electrons. The van der Waals surface area contributed by atoms with Crippen molar-refractivity contribution in [3.05, 3.63) is 17.7 Å². The number of benzene rings is 1. The molecule has 1 amide bonds. The Balaban J connectivity index is 1.55. The van der Waals surface area contributed by atoms with E-state index in [0.29, 0.717) is 31.7 Å². The number of ether oxygens (including phenoxy) is 4. The predicted octanol–water partition coefficient (Wildman–Crippen LogP) is 3.88. The second kappa shape index (κ2) is 7.04. The molecule has 2 heterocycles. The minimum absolute atomic E-state index is 0.0601. The number of carbonyl (C=O) groups is 1. The first-order chi connectivity index (χ1) is 14.4. The number of fused-ring (bicyclic) bond motifs is 2. The highest BCUT2D eigenvalue weighted by molar-refractivity contribution is 5.73. The monoisotopic (exact) mass is 415 g/mol. The summed E-state index contributed by atoms with van der Waals surface area (Å²) in [4.78, 5) is 12.1. The van der Waals surface area contributed by atoms with Gasteiger partial charge in [-0.3, -0.25) is 4.79 Å². The van der Waals surface area contributed by atoms with E-state index >= 15 is 0 Å². The van der Waals surface area contributed by atoms with Crippen molar-refractivity contribution < 1.29 is 23.7 Å². The molecule has 1 unspecified atom stereocenters. The van der Waals surface area contributed by atoms with Gasteiger partial charge in [-0.1, -0.05) is 13.8 Å². The molecule has 5 rings (SSSR count). The molecular weight excluding hydrogens is 382 g/mol. The molecule has 30 heavy (non-hydrogen) atoms. The van der Waals surface area contributed by atoms with Gasteiger partial charge in [0.2, 0.25) is 5.91 Å². The summed E-state index contributed by atoms with van der Waals surface area (Å²) in [5, 5.41) is 3.34. The second-order valence-corrected chi connectivity index (χ2v) is 10.1. The van der Waals surface area contributed by atoms with Crippen LogP contribution in [0.4, 0.5) is 0 Å². The lowest BCUT2D eigenvalue weighted by atomic mass is 9.58. The van der Waals surface area contributed by atoms with Gasteiger partial charge in [-0.15, -0.1) is 0 Å². The smallest absolute Gasteiger partial charge is 0.217 e. The summed E-state index contributed by atoms with van der Waals surface area (Å²) in [6.45, 7) is 8.27. The van der Waals surface area contributed by atoms with Gasteiger partial charge in [-0.25, -0.2) is 0 Å². The summed E-state index contributed by atoms with van der Waals surface area (Å²) >= 11 is 0.